The molecular formula is C20H28N4O2S2. The molecule has 0 aliphatic heterocycles. The zero-order valence-corrected chi connectivity index (χ0v) is 18.3. The summed E-state index contributed by atoms with van der Waals surface area (Å²) < 4.78 is 26.2. The van der Waals surface area contributed by atoms with Crippen LogP contribution in [0.15, 0.2) is 69.4 Å². The van der Waals surface area contributed by atoms with Crippen LogP contribution in [0.5, 0.6) is 0 Å². The molecule has 2 rings (SSSR count). The van der Waals surface area contributed by atoms with E-state index in [2.05, 4.69) is 34.7 Å². The first-order chi connectivity index (χ1) is 13.3. The van der Waals surface area contributed by atoms with Gasteiger partial charge in [-0.1, -0.05) is 43.3 Å². The van der Waals surface area contributed by atoms with E-state index in [1.165, 1.54) is 23.3 Å². The van der Waals surface area contributed by atoms with Crippen molar-refractivity contribution in [2.45, 2.75) is 28.5 Å². The third kappa shape index (κ3) is 6.25. The van der Waals surface area contributed by atoms with Gasteiger partial charge in [0, 0.05) is 44.4 Å². The summed E-state index contributed by atoms with van der Waals surface area (Å²) in [5.41, 5.74) is 0.700. The minimum atomic E-state index is -3.49. The lowest BCUT2D eigenvalue weighted by atomic mass is 10.2. The van der Waals surface area contributed by atoms with E-state index in [0.717, 1.165) is 6.54 Å². The highest BCUT2D eigenvalue weighted by atomic mass is 32.2. The number of rotatable bonds is 8. The van der Waals surface area contributed by atoms with Crippen LogP contribution in [0.25, 0.3) is 0 Å². The molecule has 0 radical (unpaired) electrons. The van der Waals surface area contributed by atoms with E-state index in [-0.39, 0.29) is 0 Å². The van der Waals surface area contributed by atoms with Crippen LogP contribution in [-0.2, 0) is 16.6 Å². The Morgan fingerprint density at radius 2 is 1.71 bits per heavy atom. The number of thioether (sulfide) groups is 1. The number of nitrogens with zero attached hydrogens (tertiary/aromatic N) is 2. The lowest BCUT2D eigenvalue weighted by Gasteiger charge is -2.18. The van der Waals surface area contributed by atoms with Crippen molar-refractivity contribution in [1.29, 1.82) is 0 Å². The zero-order chi connectivity index (χ0) is 20.6. The Morgan fingerprint density at radius 1 is 1.07 bits per heavy atom. The number of hydrogen-bond donors (Lipinski definition) is 2. The SMILES string of the molecule is CN=C(NCc1ccccc1S(=O)(=O)N(C)C)NCC(C)Sc1ccccc1. The van der Waals surface area contributed by atoms with Gasteiger partial charge in [0.25, 0.3) is 0 Å². The average Bonchev–Trinajstić information content (AvgIpc) is 2.69. The predicted molar refractivity (Wildman–Crippen MR) is 117 cm³/mol. The van der Waals surface area contributed by atoms with Crippen molar-refractivity contribution < 1.29 is 8.42 Å². The standard InChI is InChI=1S/C20H28N4O2S2/c1-16(27-18-11-6-5-7-12-18)14-22-20(21-2)23-15-17-10-8-9-13-19(17)28(25,26)24(3)4/h5-13,16H,14-15H2,1-4H3,(H2,21,22,23). The van der Waals surface area contributed by atoms with E-state index in [1.54, 1.807) is 30.9 Å². The molecule has 1 atom stereocenters. The highest BCUT2D eigenvalue weighted by molar-refractivity contribution is 8.00. The van der Waals surface area contributed by atoms with E-state index < -0.39 is 10.0 Å². The van der Waals surface area contributed by atoms with E-state index in [1.807, 2.05) is 30.3 Å². The monoisotopic (exact) mass is 420 g/mol. The molecule has 0 amide bonds. The maximum atomic E-state index is 12.5. The van der Waals surface area contributed by atoms with Crippen LogP contribution in [0.4, 0.5) is 0 Å². The topological polar surface area (TPSA) is 73.8 Å². The fraction of sp³-hybridized carbons (Fsp3) is 0.350. The minimum Gasteiger partial charge on any atom is -0.355 e. The number of sulfonamides is 1. The summed E-state index contributed by atoms with van der Waals surface area (Å²) in [7, 11) is 1.28. The third-order valence-electron chi connectivity index (χ3n) is 4.04. The number of guanidine groups is 1. The molecular weight excluding hydrogens is 392 g/mol. The van der Waals surface area contributed by atoms with Crippen molar-refractivity contribution in [1.82, 2.24) is 14.9 Å². The number of benzene rings is 2. The Hall–Kier alpha value is -2.03. The van der Waals surface area contributed by atoms with Gasteiger partial charge >= 0.3 is 0 Å². The summed E-state index contributed by atoms with van der Waals surface area (Å²) in [5.74, 6) is 0.637. The molecule has 0 saturated carbocycles. The Balaban J connectivity index is 1.94. The quantitative estimate of drug-likeness (QED) is 0.390. The molecule has 0 saturated heterocycles. The normalized spacial score (nSPS) is 13.4. The van der Waals surface area contributed by atoms with Crippen molar-refractivity contribution in [3.8, 4) is 0 Å². The van der Waals surface area contributed by atoms with Gasteiger partial charge < -0.3 is 10.6 Å². The van der Waals surface area contributed by atoms with Crippen LogP contribution >= 0.6 is 11.8 Å². The van der Waals surface area contributed by atoms with Gasteiger partial charge in [-0.3, -0.25) is 4.99 Å². The van der Waals surface area contributed by atoms with Crippen molar-refractivity contribution >= 4 is 27.7 Å². The number of hydrogen-bond acceptors (Lipinski definition) is 4. The lowest BCUT2D eigenvalue weighted by Crippen LogP contribution is -2.40. The summed E-state index contributed by atoms with van der Waals surface area (Å²) in [6, 6.07) is 17.3. The maximum absolute atomic E-state index is 12.5. The summed E-state index contributed by atoms with van der Waals surface area (Å²) in [6.45, 7) is 3.25. The van der Waals surface area contributed by atoms with Crippen molar-refractivity contribution in [2.75, 3.05) is 27.7 Å². The minimum absolute atomic E-state index is 0.302. The van der Waals surface area contributed by atoms with Gasteiger partial charge in [0.1, 0.15) is 0 Å². The average molecular weight is 421 g/mol. The molecule has 0 aromatic heterocycles. The molecule has 152 valence electrons. The predicted octanol–water partition coefficient (Wildman–Crippen LogP) is 2.78. The van der Waals surface area contributed by atoms with Crippen LogP contribution in [0.3, 0.4) is 0 Å². The van der Waals surface area contributed by atoms with Gasteiger partial charge in [-0.15, -0.1) is 11.8 Å². The second kappa shape index (κ2) is 10.5. The lowest BCUT2D eigenvalue weighted by molar-refractivity contribution is 0.519. The Morgan fingerprint density at radius 3 is 2.36 bits per heavy atom. The summed E-state index contributed by atoms with van der Waals surface area (Å²) in [5, 5.41) is 6.85. The van der Waals surface area contributed by atoms with Crippen LogP contribution in [0, 0.1) is 0 Å². The first kappa shape index (κ1) is 22.3. The molecule has 0 aliphatic carbocycles. The fourth-order valence-electron chi connectivity index (χ4n) is 2.51. The zero-order valence-electron chi connectivity index (χ0n) is 16.7. The molecule has 2 N–H and O–H groups in total. The van der Waals surface area contributed by atoms with E-state index in [9.17, 15) is 8.42 Å². The molecule has 0 spiro atoms. The second-order valence-electron chi connectivity index (χ2n) is 6.44. The Labute approximate surface area is 172 Å². The number of nitrogens with one attached hydrogen (secondary N) is 2. The van der Waals surface area contributed by atoms with Crippen LogP contribution in [0.1, 0.15) is 12.5 Å². The maximum Gasteiger partial charge on any atom is 0.242 e. The largest absolute Gasteiger partial charge is 0.355 e. The highest BCUT2D eigenvalue weighted by Crippen LogP contribution is 2.22. The molecule has 6 nitrogen and oxygen atoms in total. The summed E-state index contributed by atoms with van der Waals surface area (Å²) >= 11 is 1.79. The van der Waals surface area contributed by atoms with Gasteiger partial charge in [0.15, 0.2) is 5.96 Å². The fourth-order valence-corrected chi connectivity index (χ4v) is 4.57. The molecule has 8 heteroatoms. The van der Waals surface area contributed by atoms with Gasteiger partial charge in [-0.25, -0.2) is 12.7 Å². The molecule has 0 fully saturated rings. The molecule has 2 aromatic rings. The van der Waals surface area contributed by atoms with E-state index in [0.29, 0.717) is 28.2 Å². The molecule has 0 aliphatic rings. The Bertz CT molecular complexity index is 884. The van der Waals surface area contributed by atoms with E-state index in [4.69, 9.17) is 0 Å². The second-order valence-corrected chi connectivity index (χ2v) is 10.1. The van der Waals surface area contributed by atoms with Crippen molar-refractivity contribution in [3.63, 3.8) is 0 Å². The Kier molecular flexibility index (Phi) is 8.35. The van der Waals surface area contributed by atoms with Crippen LogP contribution < -0.4 is 10.6 Å². The van der Waals surface area contributed by atoms with Crippen LogP contribution in [-0.4, -0.2) is 51.6 Å². The van der Waals surface area contributed by atoms with Crippen LogP contribution in [0.2, 0.25) is 0 Å². The van der Waals surface area contributed by atoms with Gasteiger partial charge in [0.05, 0.1) is 4.90 Å². The first-order valence-electron chi connectivity index (χ1n) is 9.01. The van der Waals surface area contributed by atoms with E-state index >= 15 is 0 Å². The molecule has 1 unspecified atom stereocenters. The highest BCUT2D eigenvalue weighted by Gasteiger charge is 2.20. The van der Waals surface area contributed by atoms with Gasteiger partial charge in [0.2, 0.25) is 10.0 Å². The smallest absolute Gasteiger partial charge is 0.242 e. The molecule has 28 heavy (non-hydrogen) atoms. The molecule has 0 heterocycles. The summed E-state index contributed by atoms with van der Waals surface area (Å²) in [6.07, 6.45) is 0. The first-order valence-corrected chi connectivity index (χ1v) is 11.3. The van der Waals surface area contributed by atoms with Gasteiger partial charge in [-0.2, -0.15) is 0 Å². The molecule has 0 bridgehead atoms. The van der Waals surface area contributed by atoms with Gasteiger partial charge in [-0.05, 0) is 23.8 Å². The number of aliphatic imine (C=N–C) groups is 1. The summed E-state index contributed by atoms with van der Waals surface area (Å²) in [4.78, 5) is 5.76. The van der Waals surface area contributed by atoms with Crippen molar-refractivity contribution in [3.05, 3.63) is 60.2 Å². The molecule has 2 aromatic carbocycles. The third-order valence-corrected chi connectivity index (χ3v) is 7.07. The van der Waals surface area contributed by atoms with Crippen molar-refractivity contribution in [2.24, 2.45) is 4.99 Å².